The van der Waals surface area contributed by atoms with Crippen molar-refractivity contribution in [2.75, 3.05) is 42.3 Å². The third-order valence-corrected chi connectivity index (χ3v) is 14.2. The van der Waals surface area contributed by atoms with Gasteiger partial charge in [0.2, 0.25) is 0 Å². The lowest BCUT2D eigenvalue weighted by Gasteiger charge is -2.30. The maximum atomic E-state index is 12.3. The lowest BCUT2D eigenvalue weighted by molar-refractivity contribution is 0.170. The van der Waals surface area contributed by atoms with Gasteiger partial charge in [-0.05, 0) is 206 Å². The molecule has 422 valence electrons. The number of phenols is 1. The van der Waals surface area contributed by atoms with Crippen molar-refractivity contribution in [3.05, 3.63) is 88.0 Å². The Balaban J connectivity index is -0.000000457. The molecule has 0 spiro atoms. The van der Waals surface area contributed by atoms with Gasteiger partial charge in [0.25, 0.3) is 0 Å². The lowest BCUT2D eigenvalue weighted by atomic mass is 9.96. The third kappa shape index (κ3) is 33.2. The number of hydrogen-bond donors (Lipinski definition) is 4. The second kappa shape index (κ2) is 33.5. The quantitative estimate of drug-likeness (QED) is 0.0849. The molecule has 73 heavy (non-hydrogen) atoms. The van der Waals surface area contributed by atoms with Crippen molar-refractivity contribution in [1.29, 1.82) is 0 Å². The Morgan fingerprint density at radius 3 is 1.10 bits per heavy atom. The summed E-state index contributed by atoms with van der Waals surface area (Å²) in [7, 11) is 7.66. The molecule has 0 fully saturated rings. The summed E-state index contributed by atoms with van der Waals surface area (Å²) >= 11 is 4.90. The lowest BCUT2D eigenvalue weighted by Crippen LogP contribution is -2.46. The number of ether oxygens (including phenoxy) is 2. The van der Waals surface area contributed by atoms with Crippen LogP contribution in [0.15, 0.2) is 54.6 Å². The van der Waals surface area contributed by atoms with Crippen LogP contribution in [-0.4, -0.2) is 114 Å². The van der Waals surface area contributed by atoms with E-state index in [1.807, 2.05) is 125 Å². The summed E-state index contributed by atoms with van der Waals surface area (Å²) < 4.78 is 41.0. The third-order valence-electron chi connectivity index (χ3n) is 10.2. The number of nitrogens with one attached hydrogen (secondary N) is 2. The predicted molar refractivity (Wildman–Crippen MR) is 314 cm³/mol. The van der Waals surface area contributed by atoms with Crippen LogP contribution in [0.4, 0.5) is 14.4 Å². The molecule has 0 aliphatic heterocycles. The highest BCUT2D eigenvalue weighted by atomic mass is 35.5. The molecule has 3 aromatic rings. The number of aryl methyl sites for hydroxylation is 6. The molecule has 2 atom stereocenters. The molecule has 5 N–H and O–H groups in total. The molecule has 3 amide bonds. The summed E-state index contributed by atoms with van der Waals surface area (Å²) in [6.45, 7) is 29.9. The first-order chi connectivity index (χ1) is 31.7. The fraction of sp³-hybridized carbons (Fsp3) is 0.611. The van der Waals surface area contributed by atoms with Crippen LogP contribution >= 0.6 is 36.4 Å². The normalized spacial score (nSPS) is 12.1. The van der Waals surface area contributed by atoms with Gasteiger partial charge in [-0.2, -0.15) is 0 Å². The maximum Gasteiger partial charge on any atom is 0.414 e. The smallest absolute Gasteiger partial charge is 0.414 e. The van der Waals surface area contributed by atoms with Crippen LogP contribution in [0.25, 0.3) is 0 Å². The Bertz CT molecular complexity index is 2200. The van der Waals surface area contributed by atoms with Gasteiger partial charge in [-0.25, -0.2) is 27.5 Å². The molecule has 0 aliphatic carbocycles. The largest absolute Gasteiger partial charge is 0.508 e. The first kappa shape index (κ1) is 76.0. The number of amides is 3. The standard InChI is InChI=1S/C19H32N2O3S.C16H27NO2S.C15H24N2O2.C3H6ClNO.CH4.2ClH/c1-14-13-15(9-10-16(14)24-17(22)21(7)8)11-12-19(5,6)20-25(23)18(2,3)4;1-12-11-13(7-8-14(12)18)9-10-16(5,6)17-20(19)15(2,3)4;1-11-10-12(8-9-15(2,3)16)6-7-13(11)19-14(18)17(4)5;1-5(2)3(4)6;;;/h9-10,13,20H,11-12H2,1-8H3;7-8,11,17-18H,9-10H2,1-6H3;6-7,10H,8-9,16H2,1-5H3;1-2H3;1H4;2*1H/t25-;20-;;;;;/m11...../s1. The molecule has 0 saturated carbocycles. The Kier molecular flexibility index (Phi) is 34.9. The van der Waals surface area contributed by atoms with Gasteiger partial charge in [-0.15, -0.1) is 24.8 Å². The van der Waals surface area contributed by atoms with E-state index in [-0.39, 0.29) is 70.5 Å². The highest BCUT2D eigenvalue weighted by molar-refractivity contribution is 7.84. The highest BCUT2D eigenvalue weighted by Gasteiger charge is 2.28. The predicted octanol–water partition coefficient (Wildman–Crippen LogP) is 12.4. The zero-order chi connectivity index (χ0) is 54.7. The maximum absolute atomic E-state index is 12.3. The van der Waals surface area contributed by atoms with Crippen molar-refractivity contribution in [2.24, 2.45) is 5.73 Å². The number of rotatable bonds is 15. The van der Waals surface area contributed by atoms with E-state index in [1.165, 1.54) is 31.4 Å². The fourth-order valence-electron chi connectivity index (χ4n) is 5.50. The van der Waals surface area contributed by atoms with Crippen LogP contribution in [0.3, 0.4) is 0 Å². The van der Waals surface area contributed by atoms with E-state index in [4.69, 9.17) is 26.8 Å². The van der Waals surface area contributed by atoms with Gasteiger partial charge in [-0.3, -0.25) is 4.79 Å². The van der Waals surface area contributed by atoms with E-state index in [2.05, 4.69) is 37.1 Å². The van der Waals surface area contributed by atoms with E-state index >= 15 is 0 Å². The summed E-state index contributed by atoms with van der Waals surface area (Å²) in [4.78, 5) is 37.1. The number of aromatic hydroxyl groups is 1. The van der Waals surface area contributed by atoms with Crippen LogP contribution in [0.2, 0.25) is 0 Å². The number of carbonyl (C=O) groups excluding carboxylic acids is 3. The van der Waals surface area contributed by atoms with Crippen molar-refractivity contribution < 1.29 is 37.4 Å². The number of nitrogens with two attached hydrogens (primary N) is 1. The summed E-state index contributed by atoms with van der Waals surface area (Å²) in [5, 5.41) is 9.09. The van der Waals surface area contributed by atoms with Crippen LogP contribution < -0.4 is 24.7 Å². The molecule has 0 aliphatic rings. The fourth-order valence-corrected chi connectivity index (χ4v) is 7.32. The van der Waals surface area contributed by atoms with Crippen molar-refractivity contribution in [3.8, 4) is 17.2 Å². The van der Waals surface area contributed by atoms with Crippen molar-refractivity contribution in [1.82, 2.24) is 24.1 Å². The molecule has 19 heteroatoms. The van der Waals surface area contributed by atoms with Gasteiger partial charge in [0.15, 0.2) is 0 Å². The Morgan fingerprint density at radius 1 is 0.562 bits per heavy atom. The summed E-state index contributed by atoms with van der Waals surface area (Å²) in [6.07, 6.45) is 4.58. The molecule has 0 heterocycles. The minimum atomic E-state index is -1.10. The molecular weight excluding hydrogens is 1030 g/mol. The number of hydrogen-bond acceptors (Lipinski definition) is 9. The van der Waals surface area contributed by atoms with E-state index in [0.29, 0.717) is 17.2 Å². The number of benzene rings is 3. The number of phenolic OH excluding ortho intramolecular Hbond substituents is 1. The van der Waals surface area contributed by atoms with Crippen molar-refractivity contribution in [3.63, 3.8) is 0 Å². The number of nitrogens with zero attached hydrogens (tertiary/aromatic N) is 3. The van der Waals surface area contributed by atoms with E-state index in [9.17, 15) is 27.9 Å². The second-order valence-electron chi connectivity index (χ2n) is 22.2. The first-order valence-corrected chi connectivity index (χ1v) is 26.1. The molecule has 0 bridgehead atoms. The first-order valence-electron chi connectivity index (χ1n) is 23.5. The van der Waals surface area contributed by atoms with Crippen molar-refractivity contribution in [2.45, 2.75) is 176 Å². The van der Waals surface area contributed by atoms with E-state index < -0.39 is 27.3 Å². The molecule has 0 radical (unpaired) electrons. The summed E-state index contributed by atoms with van der Waals surface area (Å²) in [6, 6.07) is 17.4. The SMILES string of the molecule is C.CN(C)C(=O)Cl.Cc1cc(CCC(C)(C)N)ccc1OC(=O)N(C)C.Cc1cc(CCC(C)(C)N[S@](=O)C(C)(C)C)ccc1O.Cc1cc(CCC(C)(C)N[S@](=O)C(C)(C)C)ccc1OC(=O)N(C)C.Cl.Cl. The summed E-state index contributed by atoms with van der Waals surface area (Å²) in [5.74, 6) is 1.52. The van der Waals surface area contributed by atoms with Gasteiger partial charge in [-0.1, -0.05) is 43.8 Å². The Morgan fingerprint density at radius 2 is 0.849 bits per heavy atom. The molecule has 0 saturated heterocycles. The monoisotopic (exact) mass is 1120 g/mol. The van der Waals surface area contributed by atoms with Crippen LogP contribution in [0.5, 0.6) is 17.2 Å². The van der Waals surface area contributed by atoms with Crippen LogP contribution in [0, 0.1) is 20.8 Å². The molecular formula is C54H95Cl3N6O8S2. The number of carbonyl (C=O) groups is 3. The molecule has 0 unspecified atom stereocenters. The van der Waals surface area contributed by atoms with Gasteiger partial charge in [0.1, 0.15) is 17.2 Å². The molecule has 3 rings (SSSR count). The highest BCUT2D eigenvalue weighted by Crippen LogP contribution is 2.25. The number of halogens is 3. The van der Waals surface area contributed by atoms with Gasteiger partial charge < -0.3 is 35.0 Å². The minimum Gasteiger partial charge on any atom is -0.508 e. The zero-order valence-corrected chi connectivity index (χ0v) is 51.2. The van der Waals surface area contributed by atoms with E-state index in [0.717, 1.165) is 55.2 Å². The summed E-state index contributed by atoms with van der Waals surface area (Å²) in [5.41, 5.74) is 11.7. The molecule has 3 aromatic carbocycles. The second-order valence-corrected chi connectivity index (χ2v) is 26.5. The van der Waals surface area contributed by atoms with Gasteiger partial charge in [0, 0.05) is 58.9 Å². The van der Waals surface area contributed by atoms with E-state index in [1.54, 1.807) is 48.4 Å². The van der Waals surface area contributed by atoms with Crippen LogP contribution in [-0.2, 0) is 41.2 Å². The van der Waals surface area contributed by atoms with Crippen LogP contribution in [0.1, 0.15) is 143 Å². The molecule has 14 nitrogen and oxygen atoms in total. The minimum absolute atomic E-state index is 0. The Hall–Kier alpha value is -3.48. The molecule has 0 aromatic heterocycles. The average molecular weight is 1130 g/mol. The van der Waals surface area contributed by atoms with Gasteiger partial charge in [0.05, 0.1) is 31.5 Å². The zero-order valence-electron chi connectivity index (χ0n) is 47.2. The van der Waals surface area contributed by atoms with Crippen molar-refractivity contribution >= 4 is 75.9 Å². The average Bonchev–Trinajstić information content (AvgIpc) is 3.20. The Labute approximate surface area is 464 Å². The van der Waals surface area contributed by atoms with Gasteiger partial charge >= 0.3 is 17.6 Å². The topological polar surface area (TPSA) is 184 Å².